The van der Waals surface area contributed by atoms with E-state index in [2.05, 4.69) is 10.5 Å². The lowest BCUT2D eigenvalue weighted by atomic mass is 10.4. The molecule has 0 fully saturated rings. The lowest BCUT2D eigenvalue weighted by Crippen LogP contribution is -1.82. The van der Waals surface area contributed by atoms with E-state index < -0.39 is 0 Å². The SMILES string of the molecule is CC1=C(Cl)[N]N=C1Cl. The Morgan fingerprint density at radius 3 is 2.12 bits per heavy atom. The Labute approximate surface area is 57.2 Å². The Kier molecular flexibility index (Phi) is 1.45. The molecule has 0 atom stereocenters. The number of hydrogen-bond acceptors (Lipinski definition) is 1. The van der Waals surface area contributed by atoms with E-state index in [0.29, 0.717) is 10.3 Å². The molecule has 1 aliphatic rings. The van der Waals surface area contributed by atoms with Crippen molar-refractivity contribution in [2.45, 2.75) is 6.92 Å². The van der Waals surface area contributed by atoms with Gasteiger partial charge < -0.3 is 0 Å². The van der Waals surface area contributed by atoms with E-state index >= 15 is 0 Å². The molecule has 0 aliphatic carbocycles. The number of halogens is 2. The quantitative estimate of drug-likeness (QED) is 0.469. The molecule has 0 saturated carbocycles. The molecule has 0 spiro atoms. The summed E-state index contributed by atoms with van der Waals surface area (Å²) >= 11 is 10.9. The summed E-state index contributed by atoms with van der Waals surface area (Å²) in [6, 6.07) is 0. The first kappa shape index (κ1) is 5.92. The molecule has 0 amide bonds. The third-order valence-electron chi connectivity index (χ3n) is 0.844. The van der Waals surface area contributed by atoms with Crippen LogP contribution in [-0.4, -0.2) is 5.17 Å². The van der Waals surface area contributed by atoms with E-state index in [-0.39, 0.29) is 0 Å². The Hall–Kier alpha value is -0.210. The first-order chi connectivity index (χ1) is 3.72. The van der Waals surface area contributed by atoms with Gasteiger partial charge in [-0.15, -0.1) is 10.5 Å². The average molecular weight is 150 g/mol. The van der Waals surface area contributed by atoms with Crippen molar-refractivity contribution in [1.82, 2.24) is 5.43 Å². The molecule has 0 aromatic heterocycles. The third kappa shape index (κ3) is 0.812. The molecule has 0 aromatic rings. The van der Waals surface area contributed by atoms with Crippen molar-refractivity contribution in [2.24, 2.45) is 5.10 Å². The van der Waals surface area contributed by atoms with Crippen LogP contribution in [-0.2, 0) is 0 Å². The van der Waals surface area contributed by atoms with Crippen LogP contribution in [0.25, 0.3) is 0 Å². The van der Waals surface area contributed by atoms with Gasteiger partial charge in [0, 0.05) is 5.57 Å². The van der Waals surface area contributed by atoms with Crippen LogP contribution in [0, 0.1) is 0 Å². The molecular formula is C4H3Cl2N2. The molecule has 0 saturated heterocycles. The standard InChI is InChI=1S/C4H3Cl2N2/c1-2-3(5)7-8-4(2)6/h1H3. The Bertz CT molecular complexity index is 165. The van der Waals surface area contributed by atoms with Gasteiger partial charge in [0.25, 0.3) is 0 Å². The Balaban J connectivity index is 2.88. The zero-order chi connectivity index (χ0) is 6.15. The van der Waals surface area contributed by atoms with Gasteiger partial charge >= 0.3 is 0 Å². The lowest BCUT2D eigenvalue weighted by Gasteiger charge is -1.83. The van der Waals surface area contributed by atoms with Gasteiger partial charge in [-0.2, -0.15) is 0 Å². The average Bonchev–Trinajstić information content (AvgIpc) is 1.98. The van der Waals surface area contributed by atoms with Gasteiger partial charge in [-0.25, -0.2) is 0 Å². The first-order valence-corrected chi connectivity index (χ1v) is 2.78. The second-order valence-electron chi connectivity index (χ2n) is 1.41. The van der Waals surface area contributed by atoms with Crippen LogP contribution in [0.3, 0.4) is 0 Å². The molecule has 1 radical (unpaired) electrons. The molecule has 43 valence electrons. The molecule has 2 nitrogen and oxygen atoms in total. The fourth-order valence-electron chi connectivity index (χ4n) is 0.323. The molecule has 0 unspecified atom stereocenters. The van der Waals surface area contributed by atoms with Crippen LogP contribution in [0.1, 0.15) is 6.92 Å². The minimum Gasteiger partial charge on any atom is -0.137 e. The monoisotopic (exact) mass is 149 g/mol. The molecule has 1 aliphatic heterocycles. The maximum absolute atomic E-state index is 5.47. The van der Waals surface area contributed by atoms with Crippen molar-refractivity contribution in [3.05, 3.63) is 10.7 Å². The van der Waals surface area contributed by atoms with E-state index in [4.69, 9.17) is 23.2 Å². The molecule has 0 N–H and O–H groups in total. The van der Waals surface area contributed by atoms with Gasteiger partial charge in [0.2, 0.25) is 0 Å². The molecule has 1 heterocycles. The van der Waals surface area contributed by atoms with Crippen molar-refractivity contribution < 1.29 is 0 Å². The highest BCUT2D eigenvalue weighted by Crippen LogP contribution is 2.16. The van der Waals surface area contributed by atoms with E-state index in [0.717, 1.165) is 5.57 Å². The fourth-order valence-corrected chi connectivity index (χ4v) is 0.626. The largest absolute Gasteiger partial charge is 0.157 e. The highest BCUT2D eigenvalue weighted by molar-refractivity contribution is 6.70. The van der Waals surface area contributed by atoms with Crippen molar-refractivity contribution in [1.29, 1.82) is 0 Å². The third-order valence-corrected chi connectivity index (χ3v) is 1.56. The van der Waals surface area contributed by atoms with E-state index in [1.165, 1.54) is 0 Å². The topological polar surface area (TPSA) is 26.5 Å². The number of allylic oxidation sites excluding steroid dienone is 1. The van der Waals surface area contributed by atoms with Crippen LogP contribution >= 0.6 is 23.2 Å². The van der Waals surface area contributed by atoms with Crippen molar-refractivity contribution in [3.63, 3.8) is 0 Å². The van der Waals surface area contributed by atoms with E-state index in [1.807, 2.05) is 0 Å². The van der Waals surface area contributed by atoms with Crippen molar-refractivity contribution >= 4 is 28.4 Å². The van der Waals surface area contributed by atoms with E-state index in [1.54, 1.807) is 6.92 Å². The van der Waals surface area contributed by atoms with E-state index in [9.17, 15) is 0 Å². The minimum absolute atomic E-state index is 0.384. The molecule has 0 bridgehead atoms. The fraction of sp³-hybridized carbons (Fsp3) is 0.250. The Morgan fingerprint density at radius 1 is 1.38 bits per heavy atom. The molecular weight excluding hydrogens is 147 g/mol. The minimum atomic E-state index is 0.384. The summed E-state index contributed by atoms with van der Waals surface area (Å²) in [6.07, 6.45) is 0. The van der Waals surface area contributed by atoms with Crippen molar-refractivity contribution in [3.8, 4) is 0 Å². The summed E-state index contributed by atoms with van der Waals surface area (Å²) in [5.41, 5.74) is 4.24. The number of nitrogens with zero attached hydrogens (tertiary/aromatic N) is 2. The summed E-state index contributed by atoms with van der Waals surface area (Å²) in [7, 11) is 0. The van der Waals surface area contributed by atoms with Crippen molar-refractivity contribution in [2.75, 3.05) is 0 Å². The zero-order valence-corrected chi connectivity index (χ0v) is 5.66. The van der Waals surface area contributed by atoms with Crippen LogP contribution in [0.5, 0.6) is 0 Å². The number of rotatable bonds is 0. The second kappa shape index (κ2) is 1.96. The molecule has 0 aromatic carbocycles. The smallest absolute Gasteiger partial charge is 0.137 e. The van der Waals surface area contributed by atoms with Crippen LogP contribution in [0.2, 0.25) is 0 Å². The summed E-state index contributed by atoms with van der Waals surface area (Å²) in [5.74, 6) is 0. The lowest BCUT2D eigenvalue weighted by molar-refractivity contribution is 0.950. The first-order valence-electron chi connectivity index (χ1n) is 2.03. The summed E-state index contributed by atoms with van der Waals surface area (Å²) in [6.45, 7) is 1.77. The van der Waals surface area contributed by atoms with Gasteiger partial charge in [0.05, 0.1) is 0 Å². The van der Waals surface area contributed by atoms with Gasteiger partial charge in [-0.05, 0) is 6.92 Å². The predicted molar refractivity (Wildman–Crippen MR) is 34.0 cm³/mol. The molecule has 8 heavy (non-hydrogen) atoms. The molecule has 1 rings (SSSR count). The summed E-state index contributed by atoms with van der Waals surface area (Å²) < 4.78 is 0. The van der Waals surface area contributed by atoms with Crippen LogP contribution in [0.4, 0.5) is 0 Å². The van der Waals surface area contributed by atoms with Crippen LogP contribution in [0.15, 0.2) is 15.8 Å². The van der Waals surface area contributed by atoms with Gasteiger partial charge in [-0.1, -0.05) is 23.2 Å². The second-order valence-corrected chi connectivity index (χ2v) is 2.12. The maximum Gasteiger partial charge on any atom is 0.157 e. The number of hydrogen-bond donors (Lipinski definition) is 0. The predicted octanol–water partition coefficient (Wildman–Crippen LogP) is 1.63. The molecule has 4 heteroatoms. The Morgan fingerprint density at radius 2 is 2.00 bits per heavy atom. The highest BCUT2D eigenvalue weighted by Gasteiger charge is 2.11. The summed E-state index contributed by atoms with van der Waals surface area (Å²) in [5, 5.41) is 4.27. The zero-order valence-electron chi connectivity index (χ0n) is 4.15. The van der Waals surface area contributed by atoms with Crippen LogP contribution < -0.4 is 5.43 Å². The maximum atomic E-state index is 5.47. The van der Waals surface area contributed by atoms with Gasteiger partial charge in [0.1, 0.15) is 0 Å². The normalized spacial score (nSPS) is 18.6. The summed E-state index contributed by atoms with van der Waals surface area (Å²) in [4.78, 5) is 0. The van der Waals surface area contributed by atoms with Gasteiger partial charge in [-0.3, -0.25) is 0 Å². The highest BCUT2D eigenvalue weighted by atomic mass is 35.5. The van der Waals surface area contributed by atoms with Gasteiger partial charge in [0.15, 0.2) is 10.3 Å².